The Bertz CT molecular complexity index is 555. The summed E-state index contributed by atoms with van der Waals surface area (Å²) in [6.07, 6.45) is 7.86. The maximum absolute atomic E-state index is 12.1. The van der Waals surface area contributed by atoms with E-state index in [0.29, 0.717) is 37.7 Å². The lowest BCUT2D eigenvalue weighted by atomic mass is 9.79. The minimum absolute atomic E-state index is 0.234. The van der Waals surface area contributed by atoms with Gasteiger partial charge in [0.25, 0.3) is 0 Å². The van der Waals surface area contributed by atoms with Crippen molar-refractivity contribution in [2.45, 2.75) is 64.4 Å². The normalized spacial score (nSPS) is 21.1. The van der Waals surface area contributed by atoms with Crippen LogP contribution in [0.3, 0.4) is 0 Å². The molecule has 6 nitrogen and oxygen atoms in total. The van der Waals surface area contributed by atoms with E-state index in [0.717, 1.165) is 12.8 Å². The second-order valence-corrected chi connectivity index (χ2v) is 7.25. The van der Waals surface area contributed by atoms with Crippen LogP contribution in [-0.4, -0.2) is 40.1 Å². The summed E-state index contributed by atoms with van der Waals surface area (Å²) in [5.74, 6) is -2.90. The lowest BCUT2D eigenvalue weighted by Crippen LogP contribution is -2.33. The number of hydrogen-bond donors (Lipinski definition) is 2. The molecule has 1 saturated carbocycles. The van der Waals surface area contributed by atoms with Crippen LogP contribution in [-0.2, 0) is 19.1 Å². The minimum Gasteiger partial charge on any atom is -0.481 e. The smallest absolute Gasteiger partial charge is 0.309 e. The van der Waals surface area contributed by atoms with Crippen molar-refractivity contribution in [3.63, 3.8) is 0 Å². The molecule has 2 unspecified atom stereocenters. The summed E-state index contributed by atoms with van der Waals surface area (Å²) < 4.78 is 5.25. The van der Waals surface area contributed by atoms with E-state index in [4.69, 9.17) is 4.74 Å². The fraction of sp³-hybridized carbons (Fsp3) is 0.650. The molecular weight excluding hydrogens is 336 g/mol. The van der Waals surface area contributed by atoms with Crippen molar-refractivity contribution in [3.8, 4) is 0 Å². The summed E-state index contributed by atoms with van der Waals surface area (Å²) in [7, 11) is 0. The summed E-state index contributed by atoms with van der Waals surface area (Å²) in [6, 6.07) is 0. The zero-order valence-corrected chi connectivity index (χ0v) is 15.7. The Kier molecular flexibility index (Phi) is 8.72. The van der Waals surface area contributed by atoms with Gasteiger partial charge in [-0.2, -0.15) is 0 Å². The topological polar surface area (TPSA) is 101 Å². The number of allylic oxidation sites excluding steroid dienone is 2. The standard InChI is InChI=1S/C20H30O6/c1-4-14(17(21)20(2,3)25)10-6-5-9-13-26-19(24)16-12-8-7-11-15(16)18(22)23/h4,10,15-16,25H,1,5-9,11-13H2,2-3H3,(H,22,23)/b14-10+. The van der Waals surface area contributed by atoms with Gasteiger partial charge in [-0.1, -0.05) is 31.6 Å². The van der Waals surface area contributed by atoms with Crippen molar-refractivity contribution in [1.82, 2.24) is 0 Å². The van der Waals surface area contributed by atoms with Gasteiger partial charge in [0, 0.05) is 5.57 Å². The number of carboxylic acid groups (broad SMARTS) is 1. The molecule has 0 amide bonds. The molecule has 1 fully saturated rings. The van der Waals surface area contributed by atoms with Crippen LogP contribution in [0.25, 0.3) is 0 Å². The van der Waals surface area contributed by atoms with Crippen molar-refractivity contribution in [3.05, 3.63) is 24.3 Å². The highest BCUT2D eigenvalue weighted by atomic mass is 16.5. The maximum Gasteiger partial charge on any atom is 0.309 e. The second-order valence-electron chi connectivity index (χ2n) is 7.25. The number of carbonyl (C=O) groups is 3. The third-order valence-electron chi connectivity index (χ3n) is 4.63. The van der Waals surface area contributed by atoms with E-state index in [-0.39, 0.29) is 12.4 Å². The summed E-state index contributed by atoms with van der Waals surface area (Å²) in [6.45, 7) is 6.69. The van der Waals surface area contributed by atoms with Crippen LogP contribution in [0.15, 0.2) is 24.3 Å². The number of Topliss-reactive ketones (excluding diaryl/α,β-unsaturated/α-hetero) is 1. The largest absolute Gasteiger partial charge is 0.481 e. The molecule has 0 radical (unpaired) electrons. The Hall–Kier alpha value is -1.95. The lowest BCUT2D eigenvalue weighted by Gasteiger charge is -2.26. The van der Waals surface area contributed by atoms with Crippen molar-refractivity contribution in [2.75, 3.05) is 6.61 Å². The first kappa shape index (κ1) is 22.1. The van der Waals surface area contributed by atoms with Crippen LogP contribution in [0.2, 0.25) is 0 Å². The summed E-state index contributed by atoms with van der Waals surface area (Å²) in [5.41, 5.74) is -1.06. The quantitative estimate of drug-likeness (QED) is 0.267. The maximum atomic E-state index is 12.1. The lowest BCUT2D eigenvalue weighted by molar-refractivity contribution is -0.159. The molecule has 0 saturated heterocycles. The number of unbranched alkanes of at least 4 members (excludes halogenated alkanes) is 2. The number of ether oxygens (including phenoxy) is 1. The van der Waals surface area contributed by atoms with E-state index < -0.39 is 29.4 Å². The molecular formula is C20H30O6. The highest BCUT2D eigenvalue weighted by Gasteiger charge is 2.36. The molecule has 1 rings (SSSR count). The van der Waals surface area contributed by atoms with Gasteiger partial charge in [-0.25, -0.2) is 0 Å². The van der Waals surface area contributed by atoms with Gasteiger partial charge in [0.15, 0.2) is 5.78 Å². The molecule has 0 aromatic carbocycles. The van der Waals surface area contributed by atoms with Gasteiger partial charge in [-0.3, -0.25) is 14.4 Å². The summed E-state index contributed by atoms with van der Waals surface area (Å²) >= 11 is 0. The number of carbonyl (C=O) groups excluding carboxylic acids is 2. The molecule has 0 aromatic rings. The molecule has 0 spiro atoms. The Morgan fingerprint density at radius 2 is 1.77 bits per heavy atom. The monoisotopic (exact) mass is 366 g/mol. The fourth-order valence-corrected chi connectivity index (χ4v) is 3.11. The Morgan fingerprint density at radius 3 is 2.31 bits per heavy atom. The van der Waals surface area contributed by atoms with E-state index in [1.54, 1.807) is 6.08 Å². The van der Waals surface area contributed by atoms with Crippen LogP contribution in [0, 0.1) is 11.8 Å². The summed E-state index contributed by atoms with van der Waals surface area (Å²) in [4.78, 5) is 35.3. The highest BCUT2D eigenvalue weighted by Crippen LogP contribution is 2.31. The predicted molar refractivity (Wildman–Crippen MR) is 97.5 cm³/mol. The number of esters is 1. The van der Waals surface area contributed by atoms with Crippen LogP contribution in [0.1, 0.15) is 58.8 Å². The first-order valence-electron chi connectivity index (χ1n) is 9.17. The van der Waals surface area contributed by atoms with Crippen LogP contribution < -0.4 is 0 Å². The van der Waals surface area contributed by atoms with Crippen LogP contribution in [0.5, 0.6) is 0 Å². The molecule has 2 N–H and O–H groups in total. The minimum atomic E-state index is -1.43. The van der Waals surface area contributed by atoms with Gasteiger partial charge in [0.05, 0.1) is 18.4 Å². The zero-order chi connectivity index (χ0) is 19.7. The average Bonchev–Trinajstić information content (AvgIpc) is 2.59. The van der Waals surface area contributed by atoms with Crippen molar-refractivity contribution < 1.29 is 29.3 Å². The third-order valence-corrected chi connectivity index (χ3v) is 4.63. The van der Waals surface area contributed by atoms with E-state index in [1.165, 1.54) is 19.9 Å². The second kappa shape index (κ2) is 10.3. The number of hydrogen-bond acceptors (Lipinski definition) is 5. The molecule has 1 aliphatic rings. The van der Waals surface area contributed by atoms with Gasteiger partial charge < -0.3 is 14.9 Å². The van der Waals surface area contributed by atoms with Crippen molar-refractivity contribution in [1.29, 1.82) is 0 Å². The molecule has 1 aliphatic carbocycles. The first-order chi connectivity index (χ1) is 12.2. The van der Waals surface area contributed by atoms with Gasteiger partial charge in [0.1, 0.15) is 5.60 Å². The Balaban J connectivity index is 2.36. The van der Waals surface area contributed by atoms with Crippen LogP contribution >= 0.6 is 0 Å². The summed E-state index contributed by atoms with van der Waals surface area (Å²) in [5, 5.41) is 18.9. The number of rotatable bonds is 10. The molecule has 0 aliphatic heterocycles. The number of carboxylic acids is 1. The number of aliphatic carboxylic acids is 1. The Morgan fingerprint density at radius 1 is 1.15 bits per heavy atom. The van der Waals surface area contributed by atoms with Gasteiger partial charge >= 0.3 is 11.9 Å². The molecule has 2 atom stereocenters. The molecule has 0 aromatic heterocycles. The number of ketones is 1. The van der Waals surface area contributed by atoms with Gasteiger partial charge in [-0.15, -0.1) is 0 Å². The molecule has 0 heterocycles. The van der Waals surface area contributed by atoms with Crippen molar-refractivity contribution >= 4 is 17.7 Å². The predicted octanol–water partition coefficient (Wildman–Crippen LogP) is 3.04. The van der Waals surface area contributed by atoms with Crippen molar-refractivity contribution in [2.24, 2.45) is 11.8 Å². The van der Waals surface area contributed by atoms with Crippen LogP contribution in [0.4, 0.5) is 0 Å². The highest BCUT2D eigenvalue weighted by molar-refractivity contribution is 6.03. The van der Waals surface area contributed by atoms with E-state index in [2.05, 4.69) is 6.58 Å². The first-order valence-corrected chi connectivity index (χ1v) is 9.17. The van der Waals surface area contributed by atoms with Gasteiger partial charge in [0.2, 0.25) is 0 Å². The third kappa shape index (κ3) is 6.75. The van der Waals surface area contributed by atoms with Gasteiger partial charge in [-0.05, 0) is 46.0 Å². The molecule has 146 valence electrons. The van der Waals surface area contributed by atoms with E-state index >= 15 is 0 Å². The molecule has 6 heteroatoms. The van der Waals surface area contributed by atoms with E-state index in [9.17, 15) is 24.6 Å². The zero-order valence-electron chi connectivity index (χ0n) is 15.7. The molecule has 0 bridgehead atoms. The fourth-order valence-electron chi connectivity index (χ4n) is 3.11. The van der Waals surface area contributed by atoms with E-state index in [1.807, 2.05) is 0 Å². The Labute approximate surface area is 154 Å². The number of aliphatic hydroxyl groups is 1. The molecule has 26 heavy (non-hydrogen) atoms. The SMILES string of the molecule is C=C/C(=C\CCCCOC(=O)C1CCCCC1C(=O)O)C(=O)C(C)(C)O. The average molecular weight is 366 g/mol.